The molecular formula is C48H49N2O9P. The topological polar surface area (TPSA) is 122 Å². The van der Waals surface area contributed by atoms with E-state index in [-0.39, 0.29) is 51.0 Å². The van der Waals surface area contributed by atoms with Crippen LogP contribution < -0.4 is 14.7 Å². The van der Waals surface area contributed by atoms with Gasteiger partial charge in [-0.05, 0) is 65.8 Å². The van der Waals surface area contributed by atoms with Gasteiger partial charge in [-0.1, -0.05) is 158 Å². The average molecular weight is 829 g/mol. The van der Waals surface area contributed by atoms with Crippen LogP contribution in [0, 0.1) is 0 Å². The van der Waals surface area contributed by atoms with Gasteiger partial charge in [0, 0.05) is 0 Å². The first-order valence-electron chi connectivity index (χ1n) is 19.5. The van der Waals surface area contributed by atoms with Gasteiger partial charge in [-0.3, -0.25) is 14.5 Å². The predicted molar refractivity (Wildman–Crippen MR) is 228 cm³/mol. The van der Waals surface area contributed by atoms with Crippen molar-refractivity contribution >= 4 is 20.2 Å². The molecule has 6 aromatic rings. The first kappa shape index (κ1) is 43.5. The molecule has 0 heterocycles. The molecule has 6 rings (SSSR count). The van der Waals surface area contributed by atoms with Crippen LogP contribution in [0.3, 0.4) is 0 Å². The van der Waals surface area contributed by atoms with Gasteiger partial charge in [0.25, 0.3) is 0 Å². The van der Waals surface area contributed by atoms with Crippen molar-refractivity contribution in [3.05, 3.63) is 203 Å². The molecule has 0 aliphatic rings. The summed E-state index contributed by atoms with van der Waals surface area (Å²) in [6.45, 7) is 3.75. The average Bonchev–Trinajstić information content (AvgIpc) is 3.29. The first-order valence-corrected chi connectivity index (χ1v) is 21.0. The van der Waals surface area contributed by atoms with Crippen LogP contribution in [0.5, 0.6) is 11.5 Å². The number of ether oxygens (including phenoxy) is 3. The number of nitrogens with zero attached hydrogens (tertiary/aromatic N) is 1. The maximum absolute atomic E-state index is 14.4. The molecule has 0 bridgehead atoms. The van der Waals surface area contributed by atoms with E-state index in [9.17, 15) is 14.2 Å². The zero-order valence-electron chi connectivity index (χ0n) is 33.6. The molecule has 0 radical (unpaired) electrons. The molecule has 310 valence electrons. The normalized spacial score (nSPS) is 12.8. The van der Waals surface area contributed by atoms with Crippen molar-refractivity contribution in [1.82, 2.24) is 10.4 Å². The molecular weight excluding hydrogens is 780 g/mol. The lowest BCUT2D eigenvalue weighted by Gasteiger charge is -2.40. The van der Waals surface area contributed by atoms with E-state index in [1.807, 2.05) is 152 Å². The summed E-state index contributed by atoms with van der Waals surface area (Å²) >= 11 is 0. The lowest BCUT2D eigenvalue weighted by molar-refractivity contribution is -0.144. The summed E-state index contributed by atoms with van der Waals surface area (Å²) in [5.41, 5.74) is 6.18. The van der Waals surface area contributed by atoms with E-state index in [2.05, 4.69) is 5.43 Å². The Labute approximate surface area is 351 Å². The van der Waals surface area contributed by atoms with E-state index in [0.717, 1.165) is 34.1 Å². The monoisotopic (exact) mass is 828 g/mol. The second kappa shape index (κ2) is 21.8. The highest BCUT2D eigenvalue weighted by molar-refractivity contribution is 7.48. The summed E-state index contributed by atoms with van der Waals surface area (Å²) in [6.07, 6.45) is -0.733. The number of hydrogen-bond donors (Lipinski definition) is 1. The number of hydrazine groups is 1. The number of carbonyl (C=O) groups is 2. The van der Waals surface area contributed by atoms with E-state index < -0.39 is 25.7 Å². The first-order chi connectivity index (χ1) is 29.2. The quantitative estimate of drug-likeness (QED) is 0.0306. The van der Waals surface area contributed by atoms with Crippen molar-refractivity contribution in [3.63, 3.8) is 0 Å². The van der Waals surface area contributed by atoms with Crippen LogP contribution in [0.4, 0.5) is 4.79 Å². The Morgan fingerprint density at radius 2 is 1.07 bits per heavy atom. The van der Waals surface area contributed by atoms with Crippen LogP contribution in [0.25, 0.3) is 0 Å². The number of amides is 1. The molecule has 1 unspecified atom stereocenters. The highest BCUT2D eigenvalue weighted by Crippen LogP contribution is 2.53. The van der Waals surface area contributed by atoms with Gasteiger partial charge in [-0.25, -0.2) is 9.36 Å². The van der Waals surface area contributed by atoms with E-state index >= 15 is 0 Å². The number of benzene rings is 6. The minimum atomic E-state index is -4.29. The Hall–Kier alpha value is -6.07. The lowest BCUT2D eigenvalue weighted by atomic mass is 9.93. The fraction of sp³-hybridized carbons (Fsp3) is 0.208. The van der Waals surface area contributed by atoms with Crippen LogP contribution in [0.2, 0.25) is 0 Å². The molecule has 12 heteroatoms. The number of carbonyl (C=O) groups excluding carboxylic acids is 2. The predicted octanol–water partition coefficient (Wildman–Crippen LogP) is 10.4. The Bertz CT molecular complexity index is 2220. The minimum absolute atomic E-state index is 0.0229. The molecule has 0 aromatic heterocycles. The zero-order valence-corrected chi connectivity index (χ0v) is 34.5. The fourth-order valence-electron chi connectivity index (χ4n) is 6.20. The summed E-state index contributed by atoms with van der Waals surface area (Å²) in [4.78, 5) is 26.6. The molecule has 0 spiro atoms. The highest BCUT2D eigenvalue weighted by atomic mass is 31.2. The Morgan fingerprint density at radius 3 is 1.55 bits per heavy atom. The van der Waals surface area contributed by atoms with E-state index in [0.29, 0.717) is 5.56 Å². The van der Waals surface area contributed by atoms with Crippen molar-refractivity contribution in [3.8, 4) is 11.5 Å². The van der Waals surface area contributed by atoms with E-state index in [1.54, 1.807) is 32.0 Å². The number of hydrogen-bond acceptors (Lipinski definition) is 10. The number of phosphoric acid groups is 1. The Morgan fingerprint density at radius 1 is 0.617 bits per heavy atom. The molecule has 60 heavy (non-hydrogen) atoms. The number of rotatable bonds is 22. The van der Waals surface area contributed by atoms with Gasteiger partial charge in [0.2, 0.25) is 0 Å². The molecule has 1 amide bonds. The molecule has 0 fully saturated rings. The Kier molecular flexibility index (Phi) is 15.8. The second-order valence-corrected chi connectivity index (χ2v) is 15.8. The van der Waals surface area contributed by atoms with Crippen molar-refractivity contribution in [2.75, 3.05) is 0 Å². The van der Waals surface area contributed by atoms with Gasteiger partial charge in [0.05, 0.1) is 25.4 Å². The summed E-state index contributed by atoms with van der Waals surface area (Å²) in [5.74, 6) is 0.331. The number of aldehydes is 1. The third-order valence-electron chi connectivity index (χ3n) is 9.41. The van der Waals surface area contributed by atoms with E-state index in [4.69, 9.17) is 27.8 Å². The van der Waals surface area contributed by atoms with Gasteiger partial charge < -0.3 is 23.5 Å². The maximum Gasteiger partial charge on any atom is 0.530 e. The highest BCUT2D eigenvalue weighted by Gasteiger charge is 2.38. The van der Waals surface area contributed by atoms with Crippen LogP contribution in [0.1, 0.15) is 47.2 Å². The smallest absolute Gasteiger partial charge is 0.485 e. The minimum Gasteiger partial charge on any atom is -0.485 e. The van der Waals surface area contributed by atoms with Gasteiger partial charge >= 0.3 is 13.9 Å². The molecule has 0 saturated carbocycles. The Balaban J connectivity index is 1.28. The molecule has 0 saturated heterocycles. The van der Waals surface area contributed by atoms with Gasteiger partial charge in [-0.2, -0.15) is 5.01 Å². The largest absolute Gasteiger partial charge is 0.530 e. The van der Waals surface area contributed by atoms with Gasteiger partial charge in [0.15, 0.2) is 11.5 Å². The van der Waals surface area contributed by atoms with Crippen LogP contribution in [-0.2, 0) is 67.3 Å². The molecule has 1 N–H and O–H groups in total. The van der Waals surface area contributed by atoms with Crippen LogP contribution in [0.15, 0.2) is 170 Å². The standard InChI is InChI=1S/C48H49N2O9P/c1-38(54-32-39-18-8-3-9-19-39)50(49-47(52)56-34-41-22-12-5-13-23-41)48(2,37-51)31-44-28-29-45(46(30-44)55-33-40-20-10-4-11-21-40)59-60(53,57-35-42-24-14-6-15-25-42)58-36-43-26-16-7-17-27-43/h3-30,37-38H,31-36H2,1-2H3,(H,49,52)/t38?,48-/m0/s1. The lowest BCUT2D eigenvalue weighted by Crippen LogP contribution is -2.62. The molecule has 11 nitrogen and oxygen atoms in total. The molecule has 0 aliphatic heterocycles. The summed E-state index contributed by atoms with van der Waals surface area (Å²) in [6, 6.07) is 52.0. The van der Waals surface area contributed by atoms with Crippen molar-refractivity contribution in [2.45, 2.75) is 65.1 Å². The fourth-order valence-corrected chi connectivity index (χ4v) is 7.39. The zero-order chi connectivity index (χ0) is 42.0. The third kappa shape index (κ3) is 13.2. The van der Waals surface area contributed by atoms with Crippen molar-refractivity contribution in [2.24, 2.45) is 0 Å². The van der Waals surface area contributed by atoms with Gasteiger partial charge in [-0.15, -0.1) is 0 Å². The molecule has 0 aliphatic carbocycles. The van der Waals surface area contributed by atoms with Gasteiger partial charge in [0.1, 0.15) is 25.7 Å². The van der Waals surface area contributed by atoms with Crippen molar-refractivity contribution in [1.29, 1.82) is 0 Å². The number of phosphoric ester groups is 1. The van der Waals surface area contributed by atoms with Crippen LogP contribution in [-0.4, -0.2) is 29.2 Å². The summed E-state index contributed by atoms with van der Waals surface area (Å²) < 4.78 is 50.6. The summed E-state index contributed by atoms with van der Waals surface area (Å²) in [5, 5.41) is 1.45. The summed E-state index contributed by atoms with van der Waals surface area (Å²) in [7, 11) is -4.29. The molecule has 6 aromatic carbocycles. The van der Waals surface area contributed by atoms with Crippen molar-refractivity contribution < 1.29 is 41.9 Å². The SMILES string of the molecule is CC(OCc1ccccc1)N(NC(=O)OCc1ccccc1)[C@](C)(C=O)Cc1ccc(OP(=O)(OCc2ccccc2)OCc2ccccc2)c(OCc2ccccc2)c1. The maximum atomic E-state index is 14.4. The van der Waals surface area contributed by atoms with Crippen LogP contribution >= 0.6 is 7.82 Å². The second-order valence-electron chi connectivity index (χ2n) is 14.2. The van der Waals surface area contributed by atoms with E-state index in [1.165, 1.54) is 5.01 Å². The molecule has 2 atom stereocenters. The third-order valence-corrected chi connectivity index (χ3v) is 10.7. The number of nitrogens with one attached hydrogen (secondary N) is 1.